The number of aromatic nitrogens is 2. The largest absolute Gasteiger partial charge is 0.345 e. The van der Waals surface area contributed by atoms with Crippen molar-refractivity contribution in [2.75, 3.05) is 26.7 Å². The lowest BCUT2D eigenvalue weighted by Gasteiger charge is -2.37. The molecule has 1 aromatic carbocycles. The molecule has 1 aliphatic carbocycles. The van der Waals surface area contributed by atoms with Crippen LogP contribution in [0.15, 0.2) is 28.8 Å². The third kappa shape index (κ3) is 3.74. The molecule has 2 aliphatic rings. The van der Waals surface area contributed by atoms with Gasteiger partial charge in [-0.1, -0.05) is 5.16 Å². The number of likely N-dealkylation sites (N-methyl/N-ethyl adjacent to an activating group) is 1. The first-order valence-electron chi connectivity index (χ1n) is 9.42. The van der Waals surface area contributed by atoms with Gasteiger partial charge in [0, 0.05) is 44.6 Å². The van der Waals surface area contributed by atoms with Crippen LogP contribution in [0.25, 0.3) is 0 Å². The first-order valence-corrected chi connectivity index (χ1v) is 9.42. The van der Waals surface area contributed by atoms with E-state index in [1.165, 1.54) is 0 Å². The van der Waals surface area contributed by atoms with Crippen molar-refractivity contribution in [2.24, 2.45) is 5.92 Å². The normalized spacial score (nSPS) is 16.4. The van der Waals surface area contributed by atoms with Gasteiger partial charge in [-0.3, -0.25) is 9.59 Å². The van der Waals surface area contributed by atoms with Crippen LogP contribution in [0, 0.1) is 17.2 Å². The highest BCUT2D eigenvalue weighted by Crippen LogP contribution is 2.30. The van der Waals surface area contributed by atoms with Gasteiger partial charge in [-0.15, -0.1) is 0 Å². The van der Waals surface area contributed by atoms with Crippen molar-refractivity contribution in [2.45, 2.75) is 25.2 Å². The molecular formula is C20H21N5O3. The predicted molar refractivity (Wildman–Crippen MR) is 98.2 cm³/mol. The van der Waals surface area contributed by atoms with E-state index >= 15 is 0 Å². The molecule has 144 valence electrons. The number of hydrogen-bond donors (Lipinski definition) is 0. The van der Waals surface area contributed by atoms with Gasteiger partial charge in [-0.05, 0) is 37.1 Å². The van der Waals surface area contributed by atoms with Crippen LogP contribution < -0.4 is 0 Å². The topological polar surface area (TPSA) is 103 Å². The van der Waals surface area contributed by atoms with Crippen LogP contribution in [-0.2, 0) is 11.2 Å². The lowest BCUT2D eigenvalue weighted by atomic mass is 9.98. The van der Waals surface area contributed by atoms with Gasteiger partial charge in [0.2, 0.25) is 11.8 Å². The summed E-state index contributed by atoms with van der Waals surface area (Å²) in [5.74, 6) is 1.49. The Morgan fingerprint density at radius 3 is 2.64 bits per heavy atom. The van der Waals surface area contributed by atoms with Gasteiger partial charge in [0.1, 0.15) is 0 Å². The minimum absolute atomic E-state index is 0.0365. The van der Waals surface area contributed by atoms with Gasteiger partial charge in [-0.25, -0.2) is 0 Å². The van der Waals surface area contributed by atoms with Crippen molar-refractivity contribution in [3.05, 3.63) is 47.1 Å². The Bertz CT molecular complexity index is 920. The van der Waals surface area contributed by atoms with E-state index in [9.17, 15) is 9.59 Å². The van der Waals surface area contributed by atoms with Crippen molar-refractivity contribution in [1.82, 2.24) is 19.9 Å². The highest BCUT2D eigenvalue weighted by atomic mass is 16.5. The third-order valence-electron chi connectivity index (χ3n) is 5.24. The summed E-state index contributed by atoms with van der Waals surface area (Å²) in [7, 11) is 1.81. The molecule has 0 radical (unpaired) electrons. The average molecular weight is 379 g/mol. The Labute approximate surface area is 162 Å². The van der Waals surface area contributed by atoms with E-state index in [2.05, 4.69) is 10.1 Å². The van der Waals surface area contributed by atoms with Crippen LogP contribution in [0.3, 0.4) is 0 Å². The molecule has 2 fully saturated rings. The number of carbonyl (C=O) groups is 2. The molecule has 2 amide bonds. The molecule has 2 aromatic rings. The van der Waals surface area contributed by atoms with Gasteiger partial charge in [0.15, 0.2) is 5.82 Å². The molecule has 8 nitrogen and oxygen atoms in total. The Morgan fingerprint density at radius 2 is 2.00 bits per heavy atom. The Morgan fingerprint density at radius 1 is 1.29 bits per heavy atom. The molecule has 0 unspecified atom stereocenters. The monoisotopic (exact) mass is 379 g/mol. The smallest absolute Gasteiger partial charge is 0.253 e. The summed E-state index contributed by atoms with van der Waals surface area (Å²) in [6.45, 7) is 1.63. The Kier molecular flexibility index (Phi) is 4.82. The lowest BCUT2D eigenvalue weighted by Crippen LogP contribution is -2.48. The van der Waals surface area contributed by atoms with E-state index in [0.717, 1.165) is 12.8 Å². The van der Waals surface area contributed by atoms with Gasteiger partial charge >= 0.3 is 0 Å². The van der Waals surface area contributed by atoms with Gasteiger partial charge in [0.05, 0.1) is 17.6 Å². The third-order valence-corrected chi connectivity index (χ3v) is 5.24. The molecular weight excluding hydrogens is 358 g/mol. The standard InChI is InChI=1S/C20H21N5O3/c1-24(19(26)14-6-7-14)9-8-17-22-18(28-23-17)16-11-25(12-16)20(27)15-4-2-13(10-21)3-5-15/h2-5,14,16H,6-9,11-12H2,1H3. The quantitative estimate of drug-likeness (QED) is 0.755. The fourth-order valence-corrected chi connectivity index (χ4v) is 3.23. The zero-order chi connectivity index (χ0) is 19.7. The van der Waals surface area contributed by atoms with Gasteiger partial charge in [-0.2, -0.15) is 10.2 Å². The van der Waals surface area contributed by atoms with E-state index in [-0.39, 0.29) is 23.7 Å². The van der Waals surface area contributed by atoms with Crippen LogP contribution in [0.1, 0.15) is 46.4 Å². The van der Waals surface area contributed by atoms with E-state index in [1.807, 2.05) is 6.07 Å². The lowest BCUT2D eigenvalue weighted by molar-refractivity contribution is -0.131. The number of hydrogen-bond acceptors (Lipinski definition) is 6. The molecule has 1 saturated heterocycles. The molecule has 4 rings (SSSR count). The summed E-state index contributed by atoms with van der Waals surface area (Å²) >= 11 is 0. The minimum Gasteiger partial charge on any atom is -0.345 e. The fourth-order valence-electron chi connectivity index (χ4n) is 3.23. The van der Waals surface area contributed by atoms with Crippen molar-refractivity contribution in [3.8, 4) is 6.07 Å². The second-order valence-electron chi connectivity index (χ2n) is 7.43. The van der Waals surface area contributed by atoms with Gasteiger partial charge in [0.25, 0.3) is 5.91 Å². The molecule has 1 saturated carbocycles. The number of nitrogens with zero attached hydrogens (tertiary/aromatic N) is 5. The molecule has 1 aromatic heterocycles. The summed E-state index contributed by atoms with van der Waals surface area (Å²) in [6, 6.07) is 8.65. The van der Waals surface area contributed by atoms with Crippen molar-refractivity contribution in [1.29, 1.82) is 5.26 Å². The summed E-state index contributed by atoms with van der Waals surface area (Å²) in [5, 5.41) is 12.8. The minimum atomic E-state index is -0.0688. The first-order chi connectivity index (χ1) is 13.5. The van der Waals surface area contributed by atoms with E-state index in [4.69, 9.17) is 9.78 Å². The van der Waals surface area contributed by atoms with Crippen LogP contribution in [-0.4, -0.2) is 58.4 Å². The maximum Gasteiger partial charge on any atom is 0.253 e. The molecule has 0 spiro atoms. The molecule has 28 heavy (non-hydrogen) atoms. The highest BCUT2D eigenvalue weighted by molar-refractivity contribution is 5.95. The van der Waals surface area contributed by atoms with Crippen molar-refractivity contribution < 1.29 is 14.1 Å². The summed E-state index contributed by atoms with van der Waals surface area (Å²) in [4.78, 5) is 32.3. The van der Waals surface area contributed by atoms with E-state index < -0.39 is 0 Å². The van der Waals surface area contributed by atoms with Crippen LogP contribution in [0.2, 0.25) is 0 Å². The number of likely N-dealkylation sites (tertiary alicyclic amines) is 1. The van der Waals surface area contributed by atoms with Crippen molar-refractivity contribution in [3.63, 3.8) is 0 Å². The average Bonchev–Trinajstić information content (AvgIpc) is 3.43. The molecule has 0 bridgehead atoms. The first kappa shape index (κ1) is 18.2. The number of benzene rings is 1. The molecule has 0 atom stereocenters. The van der Waals surface area contributed by atoms with E-state index in [1.54, 1.807) is 41.1 Å². The van der Waals surface area contributed by atoms with Crippen LogP contribution >= 0.6 is 0 Å². The number of amides is 2. The second kappa shape index (κ2) is 7.43. The molecule has 0 N–H and O–H groups in total. The van der Waals surface area contributed by atoms with Crippen LogP contribution in [0.4, 0.5) is 0 Å². The number of carbonyl (C=O) groups excluding carboxylic acids is 2. The second-order valence-corrected chi connectivity index (χ2v) is 7.43. The molecule has 1 aliphatic heterocycles. The number of nitriles is 1. The van der Waals surface area contributed by atoms with Gasteiger partial charge < -0.3 is 14.3 Å². The zero-order valence-electron chi connectivity index (χ0n) is 15.7. The molecule has 8 heteroatoms. The Hall–Kier alpha value is -3.21. The maximum absolute atomic E-state index is 12.4. The zero-order valence-corrected chi connectivity index (χ0v) is 15.7. The van der Waals surface area contributed by atoms with Crippen molar-refractivity contribution >= 4 is 11.8 Å². The summed E-state index contributed by atoms with van der Waals surface area (Å²) < 4.78 is 5.35. The predicted octanol–water partition coefficient (Wildman–Crippen LogP) is 1.59. The van der Waals surface area contributed by atoms with Crippen LogP contribution in [0.5, 0.6) is 0 Å². The summed E-state index contributed by atoms with van der Waals surface area (Å²) in [5.41, 5.74) is 1.09. The SMILES string of the molecule is CN(CCc1noc(C2CN(C(=O)c3ccc(C#N)cc3)C2)n1)C(=O)C1CC1. The van der Waals surface area contributed by atoms with E-state index in [0.29, 0.717) is 48.9 Å². The fraction of sp³-hybridized carbons (Fsp3) is 0.450. The number of rotatable bonds is 6. The summed E-state index contributed by atoms with van der Waals surface area (Å²) in [6.07, 6.45) is 2.54. The maximum atomic E-state index is 12.4. The molecule has 2 heterocycles. The Balaban J connectivity index is 1.27. The highest BCUT2D eigenvalue weighted by Gasteiger charge is 2.36.